The van der Waals surface area contributed by atoms with Gasteiger partial charge in [-0.15, -0.1) is 23.1 Å². The molecule has 0 spiro atoms. The Morgan fingerprint density at radius 1 is 1.11 bits per heavy atom. The molecule has 1 atom stereocenters. The smallest absolute Gasteiger partial charge is 0.263 e. The maximum Gasteiger partial charge on any atom is 0.263 e. The summed E-state index contributed by atoms with van der Waals surface area (Å²) in [5.74, 6) is -0.151. The Labute approximate surface area is 172 Å². The predicted octanol–water partition coefficient (Wildman–Crippen LogP) is 4.37. The number of aromatic nitrogens is 1. The molecular weight excluding hydrogens is 414 g/mol. The van der Waals surface area contributed by atoms with Crippen LogP contribution in [0.4, 0.5) is 10.8 Å². The van der Waals surface area contributed by atoms with Gasteiger partial charge in [0.1, 0.15) is 0 Å². The van der Waals surface area contributed by atoms with Crippen LogP contribution in [0.3, 0.4) is 0 Å². The van der Waals surface area contributed by atoms with Gasteiger partial charge in [-0.1, -0.05) is 17.7 Å². The summed E-state index contributed by atoms with van der Waals surface area (Å²) in [4.78, 5) is 17.4. The van der Waals surface area contributed by atoms with Crippen LogP contribution in [0.15, 0.2) is 69.9 Å². The highest BCUT2D eigenvalue weighted by Crippen LogP contribution is 2.25. The van der Waals surface area contributed by atoms with E-state index in [0.717, 1.165) is 4.90 Å². The second-order valence-corrected chi connectivity index (χ2v) is 10.0. The number of thioether (sulfide) groups is 1. The van der Waals surface area contributed by atoms with Gasteiger partial charge >= 0.3 is 0 Å². The first-order chi connectivity index (χ1) is 13.3. The number of nitrogens with zero attached hydrogens (tertiary/aromatic N) is 1. The lowest BCUT2D eigenvalue weighted by Gasteiger charge is -2.13. The number of benzene rings is 2. The maximum atomic E-state index is 12.4. The molecule has 0 radical (unpaired) electrons. The van der Waals surface area contributed by atoms with Crippen LogP contribution in [-0.2, 0) is 14.8 Å². The summed E-state index contributed by atoms with van der Waals surface area (Å²) in [5, 5.41) is 4.51. The Balaban J connectivity index is 1.61. The maximum absolute atomic E-state index is 12.4. The summed E-state index contributed by atoms with van der Waals surface area (Å²) in [6.07, 6.45) is 1.52. The Morgan fingerprint density at radius 2 is 1.79 bits per heavy atom. The number of aryl methyl sites for hydroxylation is 1. The van der Waals surface area contributed by atoms with Gasteiger partial charge < -0.3 is 5.32 Å². The first-order valence-corrected chi connectivity index (χ1v) is 11.6. The van der Waals surface area contributed by atoms with Crippen molar-refractivity contribution < 1.29 is 13.2 Å². The number of anilines is 2. The monoisotopic (exact) mass is 433 g/mol. The van der Waals surface area contributed by atoms with E-state index in [9.17, 15) is 13.2 Å². The van der Waals surface area contributed by atoms with E-state index in [1.165, 1.54) is 47.0 Å². The second kappa shape index (κ2) is 8.76. The molecule has 1 amide bonds. The molecule has 3 rings (SSSR count). The molecule has 1 heterocycles. The molecule has 3 aromatic rings. The van der Waals surface area contributed by atoms with Gasteiger partial charge in [0.2, 0.25) is 5.91 Å². The van der Waals surface area contributed by atoms with Gasteiger partial charge in [-0.3, -0.25) is 9.52 Å². The summed E-state index contributed by atoms with van der Waals surface area (Å²) in [5.41, 5.74) is 1.70. The summed E-state index contributed by atoms with van der Waals surface area (Å²) in [6, 6.07) is 14.0. The third kappa shape index (κ3) is 5.34. The molecule has 0 saturated carbocycles. The average Bonchev–Trinajstić information content (AvgIpc) is 3.16. The van der Waals surface area contributed by atoms with E-state index in [4.69, 9.17) is 0 Å². The SMILES string of the molecule is Cc1ccc(S[C@@H](C)C(=O)Nc2ccc(S(=O)(=O)Nc3nccs3)cc2)cc1. The molecule has 6 nitrogen and oxygen atoms in total. The molecule has 2 aromatic carbocycles. The second-order valence-electron chi connectivity index (χ2n) is 6.03. The lowest BCUT2D eigenvalue weighted by Crippen LogP contribution is -2.22. The van der Waals surface area contributed by atoms with Gasteiger partial charge in [-0.2, -0.15) is 0 Å². The van der Waals surface area contributed by atoms with Crippen LogP contribution >= 0.6 is 23.1 Å². The first kappa shape index (κ1) is 20.4. The minimum absolute atomic E-state index is 0.0998. The molecule has 0 aliphatic carbocycles. The van der Waals surface area contributed by atoms with Crippen LogP contribution in [0.5, 0.6) is 0 Å². The van der Waals surface area contributed by atoms with Gasteiger partial charge in [-0.05, 0) is 50.2 Å². The van der Waals surface area contributed by atoms with Crippen LogP contribution in [0, 0.1) is 6.92 Å². The van der Waals surface area contributed by atoms with Crippen molar-refractivity contribution in [2.24, 2.45) is 0 Å². The number of rotatable bonds is 7. The zero-order chi connectivity index (χ0) is 20.1. The third-order valence-corrected chi connectivity index (χ3v) is 7.07. The number of carbonyl (C=O) groups excluding carboxylic acids is 1. The number of nitrogens with one attached hydrogen (secondary N) is 2. The van der Waals surface area contributed by atoms with Gasteiger partial charge in [0.05, 0.1) is 10.1 Å². The highest BCUT2D eigenvalue weighted by Gasteiger charge is 2.17. The van der Waals surface area contributed by atoms with Crippen molar-refractivity contribution in [1.82, 2.24) is 4.98 Å². The largest absolute Gasteiger partial charge is 0.325 e. The standard InChI is InChI=1S/C19H19N3O3S3/c1-13-3-7-16(8-4-13)27-14(2)18(23)21-15-5-9-17(10-6-15)28(24,25)22-19-20-11-12-26-19/h3-12,14H,1-2H3,(H,20,22)(H,21,23)/t14-/m0/s1. The van der Waals surface area contributed by atoms with Crippen molar-refractivity contribution >= 4 is 49.8 Å². The molecular formula is C19H19N3O3S3. The predicted molar refractivity (Wildman–Crippen MR) is 114 cm³/mol. The number of amides is 1. The molecule has 1 aromatic heterocycles. The molecule has 146 valence electrons. The van der Waals surface area contributed by atoms with Crippen molar-refractivity contribution in [3.8, 4) is 0 Å². The van der Waals surface area contributed by atoms with Crippen molar-refractivity contribution in [2.45, 2.75) is 28.9 Å². The highest BCUT2D eigenvalue weighted by atomic mass is 32.2. The fourth-order valence-corrected chi connectivity index (χ4v) is 4.94. The minimum Gasteiger partial charge on any atom is -0.325 e. The van der Waals surface area contributed by atoms with Crippen LogP contribution in [-0.4, -0.2) is 24.6 Å². The fraction of sp³-hybridized carbons (Fsp3) is 0.158. The Hall–Kier alpha value is -2.36. The highest BCUT2D eigenvalue weighted by molar-refractivity contribution is 8.00. The van der Waals surface area contributed by atoms with Crippen LogP contribution in [0.25, 0.3) is 0 Å². The summed E-state index contributed by atoms with van der Waals surface area (Å²) >= 11 is 2.67. The van der Waals surface area contributed by atoms with E-state index < -0.39 is 10.0 Å². The van der Waals surface area contributed by atoms with E-state index in [1.807, 2.05) is 38.1 Å². The summed E-state index contributed by atoms with van der Waals surface area (Å²) < 4.78 is 27.1. The zero-order valence-electron chi connectivity index (χ0n) is 15.2. The summed E-state index contributed by atoms with van der Waals surface area (Å²) in [7, 11) is -3.71. The number of hydrogen-bond donors (Lipinski definition) is 2. The van der Waals surface area contributed by atoms with Crippen molar-refractivity contribution in [1.29, 1.82) is 0 Å². The topological polar surface area (TPSA) is 88.2 Å². The lowest BCUT2D eigenvalue weighted by molar-refractivity contribution is -0.115. The fourth-order valence-electron chi connectivity index (χ4n) is 2.28. The van der Waals surface area contributed by atoms with Crippen molar-refractivity contribution in [3.63, 3.8) is 0 Å². The average molecular weight is 434 g/mol. The number of hydrogen-bond acceptors (Lipinski definition) is 6. The van der Waals surface area contributed by atoms with Gasteiger partial charge in [0, 0.05) is 22.2 Å². The molecule has 0 bridgehead atoms. The van der Waals surface area contributed by atoms with E-state index in [-0.39, 0.29) is 16.1 Å². The van der Waals surface area contributed by atoms with Gasteiger partial charge in [0.15, 0.2) is 5.13 Å². The minimum atomic E-state index is -3.71. The Morgan fingerprint density at radius 3 is 2.39 bits per heavy atom. The Bertz CT molecular complexity index is 1030. The van der Waals surface area contributed by atoms with E-state index in [1.54, 1.807) is 17.5 Å². The van der Waals surface area contributed by atoms with Crippen LogP contribution < -0.4 is 10.0 Å². The number of thiazole rings is 1. The normalized spacial score (nSPS) is 12.4. The van der Waals surface area contributed by atoms with Crippen molar-refractivity contribution in [3.05, 3.63) is 65.7 Å². The molecule has 0 aliphatic heterocycles. The number of sulfonamides is 1. The van der Waals surface area contributed by atoms with Gasteiger partial charge in [-0.25, -0.2) is 13.4 Å². The molecule has 2 N–H and O–H groups in total. The summed E-state index contributed by atoms with van der Waals surface area (Å²) in [6.45, 7) is 3.84. The first-order valence-electron chi connectivity index (χ1n) is 8.40. The molecule has 0 aliphatic rings. The Kier molecular flexibility index (Phi) is 6.38. The third-order valence-electron chi connectivity index (χ3n) is 3.79. The lowest BCUT2D eigenvalue weighted by atomic mass is 10.2. The van der Waals surface area contributed by atoms with E-state index in [0.29, 0.717) is 10.8 Å². The van der Waals surface area contributed by atoms with Crippen LogP contribution in [0.1, 0.15) is 12.5 Å². The zero-order valence-corrected chi connectivity index (χ0v) is 17.7. The van der Waals surface area contributed by atoms with Gasteiger partial charge in [0.25, 0.3) is 10.0 Å². The molecule has 0 saturated heterocycles. The van der Waals surface area contributed by atoms with E-state index >= 15 is 0 Å². The number of carbonyl (C=O) groups is 1. The molecule has 0 unspecified atom stereocenters. The van der Waals surface area contributed by atoms with Crippen LogP contribution in [0.2, 0.25) is 0 Å². The molecule has 0 fully saturated rings. The van der Waals surface area contributed by atoms with Crippen molar-refractivity contribution in [2.75, 3.05) is 10.0 Å². The molecule has 9 heteroatoms. The molecule has 28 heavy (non-hydrogen) atoms. The quantitative estimate of drug-likeness (QED) is 0.540. The van der Waals surface area contributed by atoms with E-state index in [2.05, 4.69) is 15.0 Å².